The predicted octanol–water partition coefficient (Wildman–Crippen LogP) is 5.02. The average molecular weight is 379 g/mol. The summed E-state index contributed by atoms with van der Waals surface area (Å²) in [4.78, 5) is 17.5. The maximum atomic E-state index is 13.5. The lowest BCUT2D eigenvalue weighted by molar-refractivity contribution is 0.0988. The zero-order valence-corrected chi connectivity index (χ0v) is 15.1. The Hall–Kier alpha value is -3.32. The number of nitrogens with zero attached hydrogens (tertiary/aromatic N) is 3. The van der Waals surface area contributed by atoms with E-state index in [0.29, 0.717) is 26.7 Å². The fraction of sp³-hybridized carbons (Fsp3) is 0.0500. The molecular formula is C20H14FN3O2S. The highest BCUT2D eigenvalue weighted by Crippen LogP contribution is 2.30. The van der Waals surface area contributed by atoms with Gasteiger partial charge in [0.05, 0.1) is 22.7 Å². The molecule has 1 amide bonds. The number of fused-ring (bicyclic) bond motifs is 1. The van der Waals surface area contributed by atoms with Crippen molar-refractivity contribution in [1.82, 2.24) is 4.98 Å². The Balaban J connectivity index is 1.76. The summed E-state index contributed by atoms with van der Waals surface area (Å²) in [5.41, 5.74) is 2.13. The molecule has 0 saturated heterocycles. The first-order valence-corrected chi connectivity index (χ1v) is 8.96. The number of hydrazone groups is 1. The monoisotopic (exact) mass is 379 g/mol. The maximum Gasteiger partial charge on any atom is 0.280 e. The Morgan fingerprint density at radius 2 is 2.04 bits per heavy atom. The van der Waals surface area contributed by atoms with Crippen LogP contribution < -0.4 is 5.01 Å². The number of thiazole rings is 1. The third kappa shape index (κ3) is 3.63. The molecule has 2 aromatic carbocycles. The molecule has 0 aliphatic heterocycles. The highest BCUT2D eigenvalue weighted by molar-refractivity contribution is 7.22. The van der Waals surface area contributed by atoms with Crippen LogP contribution in [0.5, 0.6) is 0 Å². The number of carbonyl (C=O) groups excluding carboxylic acids is 1. The van der Waals surface area contributed by atoms with Gasteiger partial charge in [-0.2, -0.15) is 10.1 Å². The lowest BCUT2D eigenvalue weighted by atomic mass is 10.1. The van der Waals surface area contributed by atoms with Crippen molar-refractivity contribution in [2.75, 3.05) is 5.01 Å². The van der Waals surface area contributed by atoms with Crippen LogP contribution in [0.3, 0.4) is 0 Å². The van der Waals surface area contributed by atoms with Crippen LogP contribution >= 0.6 is 11.3 Å². The molecule has 5 nitrogen and oxygen atoms in total. The van der Waals surface area contributed by atoms with Crippen molar-refractivity contribution in [3.05, 3.63) is 83.6 Å². The number of hydrogen-bond donors (Lipinski definition) is 0. The highest BCUT2D eigenvalue weighted by atomic mass is 32.1. The van der Waals surface area contributed by atoms with Crippen molar-refractivity contribution >= 4 is 38.8 Å². The van der Waals surface area contributed by atoms with Crippen LogP contribution in [-0.2, 0) is 0 Å². The number of hydrogen-bond acceptors (Lipinski definition) is 5. The van der Waals surface area contributed by atoms with Gasteiger partial charge in [-0.25, -0.2) is 9.37 Å². The predicted molar refractivity (Wildman–Crippen MR) is 104 cm³/mol. The number of aromatic nitrogens is 1. The van der Waals surface area contributed by atoms with Crippen LogP contribution in [0.1, 0.15) is 21.7 Å². The molecule has 0 saturated carbocycles. The van der Waals surface area contributed by atoms with Crippen LogP contribution in [-0.4, -0.2) is 17.1 Å². The van der Waals surface area contributed by atoms with Crippen molar-refractivity contribution in [2.24, 2.45) is 5.10 Å². The summed E-state index contributed by atoms with van der Waals surface area (Å²) in [6.45, 7) is 1.95. The third-order valence-electron chi connectivity index (χ3n) is 3.85. The molecule has 0 radical (unpaired) electrons. The topological polar surface area (TPSA) is 58.7 Å². The summed E-state index contributed by atoms with van der Waals surface area (Å²) in [5.74, 6) is -0.186. The highest BCUT2D eigenvalue weighted by Gasteiger charge is 2.21. The van der Waals surface area contributed by atoms with Crippen molar-refractivity contribution in [3.63, 3.8) is 0 Å². The second kappa shape index (κ2) is 7.13. The number of anilines is 1. The number of carbonyl (C=O) groups is 1. The van der Waals surface area contributed by atoms with Gasteiger partial charge in [-0.1, -0.05) is 29.0 Å². The Morgan fingerprint density at radius 3 is 2.78 bits per heavy atom. The summed E-state index contributed by atoms with van der Waals surface area (Å²) in [6.07, 6.45) is 2.96. The molecule has 0 fully saturated rings. The van der Waals surface area contributed by atoms with Gasteiger partial charge in [-0.15, -0.1) is 0 Å². The van der Waals surface area contributed by atoms with E-state index in [1.54, 1.807) is 30.3 Å². The quantitative estimate of drug-likeness (QED) is 0.370. The van der Waals surface area contributed by atoms with Gasteiger partial charge in [-0.3, -0.25) is 4.79 Å². The fourth-order valence-electron chi connectivity index (χ4n) is 2.46. The minimum atomic E-state index is -0.354. The summed E-state index contributed by atoms with van der Waals surface area (Å²) in [6, 6.07) is 14.9. The van der Waals surface area contributed by atoms with E-state index in [-0.39, 0.29) is 11.7 Å². The smallest absolute Gasteiger partial charge is 0.280 e. The van der Waals surface area contributed by atoms with E-state index in [2.05, 4.69) is 10.1 Å². The van der Waals surface area contributed by atoms with Crippen molar-refractivity contribution in [3.8, 4) is 0 Å². The van der Waals surface area contributed by atoms with Gasteiger partial charge in [0.15, 0.2) is 0 Å². The molecule has 2 heterocycles. The molecule has 0 N–H and O–H groups in total. The standard InChI is InChI=1S/C20H14FN3O2S/c1-13-4-6-14(7-5-13)19(25)24(22-12-16-3-2-10-26-16)20-23-17-9-8-15(21)11-18(17)27-20/h2-12H,1H3/b22-12+. The Labute approximate surface area is 158 Å². The van der Waals surface area contributed by atoms with Crippen molar-refractivity contribution in [2.45, 2.75) is 6.92 Å². The first kappa shape index (κ1) is 17.1. The third-order valence-corrected chi connectivity index (χ3v) is 4.85. The maximum absolute atomic E-state index is 13.5. The summed E-state index contributed by atoms with van der Waals surface area (Å²) in [5, 5.41) is 5.83. The van der Waals surface area contributed by atoms with E-state index >= 15 is 0 Å². The largest absolute Gasteiger partial charge is 0.463 e. The van der Waals surface area contributed by atoms with E-state index in [9.17, 15) is 9.18 Å². The van der Waals surface area contributed by atoms with E-state index in [0.717, 1.165) is 5.56 Å². The molecule has 0 aliphatic rings. The zero-order valence-electron chi connectivity index (χ0n) is 14.3. The molecule has 0 atom stereocenters. The molecule has 0 spiro atoms. The van der Waals surface area contributed by atoms with E-state index in [1.165, 1.54) is 41.0 Å². The molecule has 4 aromatic rings. The minimum absolute atomic E-state index is 0.336. The molecule has 0 bridgehead atoms. The number of amides is 1. The van der Waals surface area contributed by atoms with Crippen LogP contribution in [0.4, 0.5) is 9.52 Å². The molecular weight excluding hydrogens is 365 g/mol. The molecule has 4 rings (SSSR count). The van der Waals surface area contributed by atoms with E-state index < -0.39 is 0 Å². The van der Waals surface area contributed by atoms with Crippen molar-refractivity contribution < 1.29 is 13.6 Å². The van der Waals surface area contributed by atoms with Crippen LogP contribution in [0.25, 0.3) is 10.2 Å². The Bertz CT molecular complexity index is 1120. The number of halogens is 1. The second-order valence-electron chi connectivity index (χ2n) is 5.85. The average Bonchev–Trinajstić information content (AvgIpc) is 3.31. The Morgan fingerprint density at radius 1 is 1.22 bits per heavy atom. The van der Waals surface area contributed by atoms with Gasteiger partial charge < -0.3 is 4.42 Å². The van der Waals surface area contributed by atoms with Crippen LogP contribution in [0, 0.1) is 12.7 Å². The molecule has 0 aliphatic carbocycles. The first-order chi connectivity index (χ1) is 13.1. The van der Waals surface area contributed by atoms with Gasteiger partial charge in [0.25, 0.3) is 5.91 Å². The molecule has 0 unspecified atom stereocenters. The normalized spacial score (nSPS) is 11.3. The van der Waals surface area contributed by atoms with Crippen LogP contribution in [0.2, 0.25) is 0 Å². The van der Waals surface area contributed by atoms with E-state index in [1.807, 2.05) is 19.1 Å². The SMILES string of the molecule is Cc1ccc(C(=O)N(/N=C/c2ccco2)c2nc3ccc(F)cc3s2)cc1. The van der Waals surface area contributed by atoms with Gasteiger partial charge in [0.1, 0.15) is 11.6 Å². The molecule has 134 valence electrons. The molecule has 7 heteroatoms. The van der Waals surface area contributed by atoms with Gasteiger partial charge in [0, 0.05) is 5.56 Å². The Kier molecular flexibility index (Phi) is 4.52. The summed E-state index contributed by atoms with van der Waals surface area (Å²) >= 11 is 1.19. The lowest BCUT2D eigenvalue weighted by Gasteiger charge is -2.13. The molecule has 2 aromatic heterocycles. The minimum Gasteiger partial charge on any atom is -0.463 e. The zero-order chi connectivity index (χ0) is 18.8. The van der Waals surface area contributed by atoms with E-state index in [4.69, 9.17) is 4.42 Å². The second-order valence-corrected chi connectivity index (χ2v) is 6.86. The fourth-order valence-corrected chi connectivity index (χ4v) is 3.41. The molecule has 27 heavy (non-hydrogen) atoms. The number of furan rings is 1. The van der Waals surface area contributed by atoms with Gasteiger partial charge in [-0.05, 0) is 49.4 Å². The number of aryl methyl sites for hydroxylation is 1. The van der Waals surface area contributed by atoms with Gasteiger partial charge in [0.2, 0.25) is 5.13 Å². The number of rotatable bonds is 4. The van der Waals surface area contributed by atoms with Crippen molar-refractivity contribution in [1.29, 1.82) is 0 Å². The van der Waals surface area contributed by atoms with Crippen LogP contribution in [0.15, 0.2) is 70.4 Å². The first-order valence-electron chi connectivity index (χ1n) is 8.15. The summed E-state index contributed by atoms with van der Waals surface area (Å²) < 4.78 is 19.4. The summed E-state index contributed by atoms with van der Waals surface area (Å²) in [7, 11) is 0. The number of benzene rings is 2. The lowest BCUT2D eigenvalue weighted by Crippen LogP contribution is -2.25. The van der Waals surface area contributed by atoms with Gasteiger partial charge >= 0.3 is 0 Å².